The maximum Gasteiger partial charge on any atom is 0.227 e. The topological polar surface area (TPSA) is 62.1 Å². The summed E-state index contributed by atoms with van der Waals surface area (Å²) >= 11 is 0. The monoisotopic (exact) mass is 358 g/mol. The lowest BCUT2D eigenvalue weighted by atomic mass is 9.96. The second-order valence-electron chi connectivity index (χ2n) is 6.66. The van der Waals surface area contributed by atoms with Crippen LogP contribution in [0.25, 0.3) is 10.8 Å². The molecule has 27 heavy (non-hydrogen) atoms. The normalized spacial score (nSPS) is 12.8. The Kier molecular flexibility index (Phi) is 5.42. The van der Waals surface area contributed by atoms with Crippen LogP contribution in [-0.4, -0.2) is 13.0 Å². The Bertz CT molecular complexity index is 1000. The van der Waals surface area contributed by atoms with Crippen LogP contribution in [0.3, 0.4) is 0 Å². The zero-order valence-electron chi connectivity index (χ0n) is 15.7. The fraction of sp³-hybridized carbons (Fsp3) is 0.217. The molecule has 3 rings (SSSR count). The Hall–Kier alpha value is -3.32. The first kappa shape index (κ1) is 18.5. The number of nitriles is 1. The van der Waals surface area contributed by atoms with Crippen LogP contribution in [0.15, 0.2) is 60.7 Å². The highest BCUT2D eigenvalue weighted by atomic mass is 16.5. The number of carbonyl (C=O) groups is 1. The number of amides is 1. The summed E-state index contributed by atoms with van der Waals surface area (Å²) in [4.78, 5) is 12.7. The van der Waals surface area contributed by atoms with Crippen molar-refractivity contribution in [2.24, 2.45) is 0 Å². The van der Waals surface area contributed by atoms with Crippen LogP contribution in [0.2, 0.25) is 0 Å². The van der Waals surface area contributed by atoms with Gasteiger partial charge in [-0.2, -0.15) is 5.26 Å². The number of benzene rings is 3. The van der Waals surface area contributed by atoms with Crippen molar-refractivity contribution in [1.29, 1.82) is 5.26 Å². The molecule has 0 aliphatic rings. The first-order valence-corrected chi connectivity index (χ1v) is 8.90. The summed E-state index contributed by atoms with van der Waals surface area (Å²) in [6.07, 6.45) is 0. The Balaban J connectivity index is 1.74. The molecule has 136 valence electrons. The quantitative estimate of drug-likeness (QED) is 0.719. The molecule has 1 N–H and O–H groups in total. The second-order valence-corrected chi connectivity index (χ2v) is 6.66. The largest absolute Gasteiger partial charge is 0.497 e. The molecule has 0 saturated heterocycles. The maximum atomic E-state index is 12.7. The van der Waals surface area contributed by atoms with Gasteiger partial charge in [0, 0.05) is 0 Å². The van der Waals surface area contributed by atoms with Gasteiger partial charge in [0.1, 0.15) is 5.75 Å². The van der Waals surface area contributed by atoms with Crippen molar-refractivity contribution in [3.63, 3.8) is 0 Å². The highest BCUT2D eigenvalue weighted by Crippen LogP contribution is 2.26. The van der Waals surface area contributed by atoms with E-state index in [1.54, 1.807) is 19.2 Å². The van der Waals surface area contributed by atoms with Gasteiger partial charge in [-0.05, 0) is 60.0 Å². The average Bonchev–Trinajstić information content (AvgIpc) is 2.72. The maximum absolute atomic E-state index is 12.7. The van der Waals surface area contributed by atoms with Crippen molar-refractivity contribution in [2.75, 3.05) is 7.11 Å². The summed E-state index contributed by atoms with van der Waals surface area (Å²) < 4.78 is 5.26. The van der Waals surface area contributed by atoms with Gasteiger partial charge < -0.3 is 10.1 Å². The van der Waals surface area contributed by atoms with Crippen LogP contribution in [0.1, 0.15) is 42.5 Å². The van der Waals surface area contributed by atoms with Crippen LogP contribution < -0.4 is 10.1 Å². The van der Waals surface area contributed by atoms with Gasteiger partial charge in [0.15, 0.2) is 0 Å². The molecule has 1 amide bonds. The van der Waals surface area contributed by atoms with Gasteiger partial charge in [-0.1, -0.05) is 36.4 Å². The van der Waals surface area contributed by atoms with E-state index < -0.39 is 0 Å². The average molecular weight is 358 g/mol. The number of nitrogens with zero attached hydrogens (tertiary/aromatic N) is 1. The molecule has 4 nitrogen and oxygen atoms in total. The molecule has 1 unspecified atom stereocenters. The fourth-order valence-corrected chi connectivity index (χ4v) is 3.06. The van der Waals surface area contributed by atoms with Crippen molar-refractivity contribution in [3.05, 3.63) is 77.4 Å². The van der Waals surface area contributed by atoms with Gasteiger partial charge in [-0.25, -0.2) is 0 Å². The van der Waals surface area contributed by atoms with Gasteiger partial charge in [0.25, 0.3) is 0 Å². The number of nitrogens with one attached hydrogen (secondary N) is 1. The molecule has 0 bridgehead atoms. The summed E-state index contributed by atoms with van der Waals surface area (Å²) in [5, 5.41) is 14.1. The van der Waals surface area contributed by atoms with Crippen LogP contribution in [0, 0.1) is 11.3 Å². The van der Waals surface area contributed by atoms with E-state index in [-0.39, 0.29) is 17.9 Å². The summed E-state index contributed by atoms with van der Waals surface area (Å²) in [5.41, 5.74) is 2.55. The highest BCUT2D eigenvalue weighted by molar-refractivity contribution is 5.88. The molecular weight excluding hydrogens is 336 g/mol. The van der Waals surface area contributed by atoms with E-state index in [0.29, 0.717) is 5.56 Å². The van der Waals surface area contributed by atoms with Crippen LogP contribution >= 0.6 is 0 Å². The van der Waals surface area contributed by atoms with E-state index in [0.717, 1.165) is 27.6 Å². The predicted molar refractivity (Wildman–Crippen MR) is 107 cm³/mol. The number of fused-ring (bicyclic) bond motifs is 1. The number of carbonyl (C=O) groups excluding carboxylic acids is 1. The van der Waals surface area contributed by atoms with Gasteiger partial charge >= 0.3 is 0 Å². The number of hydrogen-bond donors (Lipinski definition) is 1. The van der Waals surface area contributed by atoms with Crippen LogP contribution in [0.5, 0.6) is 5.75 Å². The lowest BCUT2D eigenvalue weighted by molar-refractivity contribution is -0.122. The van der Waals surface area contributed by atoms with Crippen molar-refractivity contribution in [2.45, 2.75) is 25.8 Å². The smallest absolute Gasteiger partial charge is 0.227 e. The van der Waals surface area contributed by atoms with Gasteiger partial charge in [0.05, 0.1) is 30.7 Å². The molecule has 0 aliphatic heterocycles. The molecular formula is C23H22N2O2. The Morgan fingerprint density at radius 3 is 2.26 bits per heavy atom. The Labute approximate surface area is 159 Å². The fourth-order valence-electron chi connectivity index (χ4n) is 3.06. The Morgan fingerprint density at radius 1 is 0.963 bits per heavy atom. The lowest BCUT2D eigenvalue weighted by Gasteiger charge is -2.18. The van der Waals surface area contributed by atoms with Gasteiger partial charge in [-0.15, -0.1) is 0 Å². The first-order valence-electron chi connectivity index (χ1n) is 8.90. The second kappa shape index (κ2) is 7.92. The van der Waals surface area contributed by atoms with Crippen molar-refractivity contribution in [3.8, 4) is 11.8 Å². The predicted octanol–water partition coefficient (Wildman–Crippen LogP) is 4.70. The van der Waals surface area contributed by atoms with E-state index in [4.69, 9.17) is 10.00 Å². The SMILES string of the molecule is COc1ccc2cc([C@H](C)C(=O)NC(C)c3ccc(C#N)cc3)ccc2c1. The van der Waals surface area contributed by atoms with E-state index in [1.807, 2.05) is 62.4 Å². The number of methoxy groups -OCH3 is 1. The molecule has 0 saturated carbocycles. The molecule has 0 radical (unpaired) electrons. The summed E-state index contributed by atoms with van der Waals surface area (Å²) in [6, 6.07) is 21.2. The van der Waals surface area contributed by atoms with Crippen molar-refractivity contribution < 1.29 is 9.53 Å². The minimum absolute atomic E-state index is 0.0280. The van der Waals surface area contributed by atoms with Gasteiger partial charge in [0.2, 0.25) is 5.91 Å². The molecule has 0 spiro atoms. The minimum atomic E-state index is -0.266. The summed E-state index contributed by atoms with van der Waals surface area (Å²) in [7, 11) is 1.65. The third kappa shape index (κ3) is 4.09. The molecule has 3 aromatic carbocycles. The van der Waals surface area contributed by atoms with Crippen molar-refractivity contribution in [1.82, 2.24) is 5.32 Å². The Morgan fingerprint density at radius 2 is 1.59 bits per heavy atom. The van der Waals surface area contributed by atoms with Crippen LogP contribution in [-0.2, 0) is 4.79 Å². The first-order chi connectivity index (χ1) is 13.0. The van der Waals surface area contributed by atoms with E-state index >= 15 is 0 Å². The third-order valence-corrected chi connectivity index (χ3v) is 4.86. The molecule has 0 aliphatic carbocycles. The van der Waals surface area contributed by atoms with Gasteiger partial charge in [-0.3, -0.25) is 4.79 Å². The van der Waals surface area contributed by atoms with E-state index in [2.05, 4.69) is 11.4 Å². The molecule has 0 aromatic heterocycles. The lowest BCUT2D eigenvalue weighted by Crippen LogP contribution is -2.30. The van der Waals surface area contributed by atoms with Crippen LogP contribution in [0.4, 0.5) is 0 Å². The molecule has 2 atom stereocenters. The number of ether oxygens (including phenoxy) is 1. The number of hydrogen-bond acceptors (Lipinski definition) is 3. The zero-order valence-corrected chi connectivity index (χ0v) is 15.7. The van der Waals surface area contributed by atoms with E-state index in [9.17, 15) is 4.79 Å². The molecule has 0 heterocycles. The summed E-state index contributed by atoms with van der Waals surface area (Å²) in [6.45, 7) is 3.85. The molecule has 3 aromatic rings. The number of rotatable bonds is 5. The minimum Gasteiger partial charge on any atom is -0.497 e. The molecule has 4 heteroatoms. The van der Waals surface area contributed by atoms with E-state index in [1.165, 1.54) is 0 Å². The highest BCUT2D eigenvalue weighted by Gasteiger charge is 2.18. The zero-order chi connectivity index (χ0) is 19.4. The standard InChI is InChI=1S/C23H22N2O2/c1-15(19-8-9-21-13-22(27-3)11-10-20(21)12-19)23(26)25-16(2)18-6-4-17(14-24)5-7-18/h4-13,15-16H,1-3H3,(H,25,26)/t15-,16?/m0/s1. The third-order valence-electron chi connectivity index (χ3n) is 4.86. The van der Waals surface area contributed by atoms with Crippen molar-refractivity contribution >= 4 is 16.7 Å². The molecule has 0 fully saturated rings. The summed E-state index contributed by atoms with van der Waals surface area (Å²) in [5.74, 6) is 0.523.